The third-order valence-corrected chi connectivity index (χ3v) is 3.78. The number of carbonyl (C=O) groups is 1. The third kappa shape index (κ3) is 4.64. The van der Waals surface area contributed by atoms with E-state index in [1.165, 1.54) is 12.8 Å². The van der Waals surface area contributed by atoms with E-state index in [4.69, 9.17) is 0 Å². The topological polar surface area (TPSA) is 44.4 Å². The summed E-state index contributed by atoms with van der Waals surface area (Å²) in [7, 11) is 4.08. The maximum atomic E-state index is 12.0. The Bertz CT molecular complexity index is 243. The van der Waals surface area contributed by atoms with Crippen molar-refractivity contribution in [3.8, 4) is 0 Å². The number of amides is 1. The number of hydrogen-bond donors (Lipinski definition) is 2. The Hall–Kier alpha value is -0.610. The van der Waals surface area contributed by atoms with Crippen molar-refractivity contribution in [2.24, 2.45) is 0 Å². The molecule has 4 heteroatoms. The first kappa shape index (κ1) is 14.5. The fourth-order valence-electron chi connectivity index (χ4n) is 1.84. The third-order valence-electron chi connectivity index (χ3n) is 3.78. The van der Waals surface area contributed by atoms with Crippen LogP contribution in [0.15, 0.2) is 0 Å². The van der Waals surface area contributed by atoms with Crippen molar-refractivity contribution >= 4 is 5.91 Å². The van der Waals surface area contributed by atoms with E-state index in [1.54, 1.807) is 0 Å². The SMILES string of the molecule is CN(C)C(C)(C)CNC(=O)C1CCCCCN1. The van der Waals surface area contributed by atoms with Crippen molar-refractivity contribution in [3.05, 3.63) is 0 Å². The van der Waals surface area contributed by atoms with Crippen LogP contribution in [0.3, 0.4) is 0 Å². The van der Waals surface area contributed by atoms with Gasteiger partial charge in [-0.2, -0.15) is 0 Å². The van der Waals surface area contributed by atoms with Gasteiger partial charge in [0, 0.05) is 12.1 Å². The van der Waals surface area contributed by atoms with Crippen LogP contribution in [0, 0.1) is 0 Å². The van der Waals surface area contributed by atoms with Crippen LogP contribution in [-0.4, -0.2) is 49.6 Å². The summed E-state index contributed by atoms with van der Waals surface area (Å²) >= 11 is 0. The molecule has 2 N–H and O–H groups in total. The molecule has 4 nitrogen and oxygen atoms in total. The summed E-state index contributed by atoms with van der Waals surface area (Å²) in [6.45, 7) is 5.92. The molecule has 1 saturated heterocycles. The summed E-state index contributed by atoms with van der Waals surface area (Å²) in [6.07, 6.45) is 4.54. The number of hydrogen-bond acceptors (Lipinski definition) is 3. The van der Waals surface area contributed by atoms with Gasteiger partial charge in [0.25, 0.3) is 0 Å². The molecular weight excluding hydrogens is 214 g/mol. The van der Waals surface area contributed by atoms with Crippen molar-refractivity contribution in [1.29, 1.82) is 0 Å². The van der Waals surface area contributed by atoms with Gasteiger partial charge in [0.15, 0.2) is 0 Å². The molecule has 0 aliphatic carbocycles. The summed E-state index contributed by atoms with van der Waals surface area (Å²) < 4.78 is 0. The first-order valence-electron chi connectivity index (χ1n) is 6.62. The number of likely N-dealkylation sites (N-methyl/N-ethyl adjacent to an activating group) is 1. The molecule has 1 unspecified atom stereocenters. The highest BCUT2D eigenvalue weighted by molar-refractivity contribution is 5.81. The molecule has 0 aromatic heterocycles. The summed E-state index contributed by atoms with van der Waals surface area (Å²) in [5.41, 5.74) is 0.000386. The van der Waals surface area contributed by atoms with E-state index in [2.05, 4.69) is 29.4 Å². The molecule has 1 amide bonds. The highest BCUT2D eigenvalue weighted by Gasteiger charge is 2.24. The van der Waals surface area contributed by atoms with Crippen LogP contribution >= 0.6 is 0 Å². The molecule has 0 spiro atoms. The Balaban J connectivity index is 2.38. The molecule has 0 radical (unpaired) electrons. The molecule has 0 saturated carbocycles. The minimum absolute atomic E-state index is 0.000386. The standard InChI is InChI=1S/C13H27N3O/c1-13(2,16(3)4)10-15-12(17)11-8-6-5-7-9-14-11/h11,14H,5-10H2,1-4H3,(H,15,17). The fraction of sp³-hybridized carbons (Fsp3) is 0.923. The predicted octanol–water partition coefficient (Wildman–Crippen LogP) is 0.975. The molecule has 0 aromatic rings. The molecule has 1 atom stereocenters. The van der Waals surface area contributed by atoms with Gasteiger partial charge in [-0.3, -0.25) is 4.79 Å². The largest absolute Gasteiger partial charge is 0.353 e. The lowest BCUT2D eigenvalue weighted by Gasteiger charge is -2.33. The smallest absolute Gasteiger partial charge is 0.237 e. The average molecular weight is 241 g/mol. The van der Waals surface area contributed by atoms with Crippen molar-refractivity contribution < 1.29 is 4.79 Å². The second-order valence-electron chi connectivity index (χ2n) is 5.78. The zero-order chi connectivity index (χ0) is 12.9. The molecule has 1 aliphatic rings. The molecule has 17 heavy (non-hydrogen) atoms. The maximum absolute atomic E-state index is 12.0. The first-order chi connectivity index (χ1) is 7.93. The van der Waals surface area contributed by atoms with Crippen LogP contribution < -0.4 is 10.6 Å². The minimum atomic E-state index is 0.000386. The molecule has 100 valence electrons. The molecule has 1 heterocycles. The van der Waals surface area contributed by atoms with Crippen LogP contribution in [0.2, 0.25) is 0 Å². The summed E-state index contributed by atoms with van der Waals surface area (Å²) in [6, 6.07) is 0.00969. The van der Waals surface area contributed by atoms with Crippen LogP contribution in [-0.2, 0) is 4.79 Å². The number of rotatable bonds is 4. The van der Waals surface area contributed by atoms with Gasteiger partial charge in [0.05, 0.1) is 6.04 Å². The van der Waals surface area contributed by atoms with Gasteiger partial charge in [0.1, 0.15) is 0 Å². The zero-order valence-corrected chi connectivity index (χ0v) is 11.7. The maximum Gasteiger partial charge on any atom is 0.237 e. The van der Waals surface area contributed by atoms with E-state index in [0.29, 0.717) is 6.54 Å². The van der Waals surface area contributed by atoms with Gasteiger partial charge in [-0.05, 0) is 47.3 Å². The second kappa shape index (κ2) is 6.36. The number of nitrogens with zero attached hydrogens (tertiary/aromatic N) is 1. The van der Waals surface area contributed by atoms with E-state index in [0.717, 1.165) is 19.4 Å². The lowest BCUT2D eigenvalue weighted by atomic mass is 10.0. The van der Waals surface area contributed by atoms with Gasteiger partial charge in [-0.15, -0.1) is 0 Å². The van der Waals surface area contributed by atoms with Gasteiger partial charge in [0.2, 0.25) is 5.91 Å². The van der Waals surface area contributed by atoms with Gasteiger partial charge >= 0.3 is 0 Å². The number of nitrogens with one attached hydrogen (secondary N) is 2. The summed E-state index contributed by atoms with van der Waals surface area (Å²) in [5, 5.41) is 6.38. The van der Waals surface area contributed by atoms with E-state index >= 15 is 0 Å². The Morgan fingerprint density at radius 3 is 2.71 bits per heavy atom. The van der Waals surface area contributed by atoms with Crippen LogP contribution in [0.1, 0.15) is 39.5 Å². The molecule has 1 rings (SSSR count). The van der Waals surface area contributed by atoms with Crippen LogP contribution in [0.5, 0.6) is 0 Å². The van der Waals surface area contributed by atoms with E-state index in [1.807, 2.05) is 14.1 Å². The van der Waals surface area contributed by atoms with E-state index in [-0.39, 0.29) is 17.5 Å². The lowest BCUT2D eigenvalue weighted by Crippen LogP contribution is -2.52. The normalized spacial score (nSPS) is 22.3. The van der Waals surface area contributed by atoms with Crippen LogP contribution in [0.25, 0.3) is 0 Å². The molecule has 0 aromatic carbocycles. The Kier molecular flexibility index (Phi) is 5.40. The molecular formula is C13H27N3O. The van der Waals surface area contributed by atoms with Crippen molar-refractivity contribution in [2.45, 2.75) is 51.1 Å². The quantitative estimate of drug-likeness (QED) is 0.771. The average Bonchev–Trinajstić information content (AvgIpc) is 2.54. The summed E-state index contributed by atoms with van der Waals surface area (Å²) in [4.78, 5) is 14.2. The van der Waals surface area contributed by atoms with Crippen molar-refractivity contribution in [1.82, 2.24) is 15.5 Å². The number of carbonyl (C=O) groups excluding carboxylic acids is 1. The van der Waals surface area contributed by atoms with Gasteiger partial charge in [-0.1, -0.05) is 12.8 Å². The van der Waals surface area contributed by atoms with Gasteiger partial charge < -0.3 is 15.5 Å². The van der Waals surface area contributed by atoms with E-state index < -0.39 is 0 Å². The lowest BCUT2D eigenvalue weighted by molar-refractivity contribution is -0.123. The fourth-order valence-corrected chi connectivity index (χ4v) is 1.84. The van der Waals surface area contributed by atoms with Crippen LogP contribution in [0.4, 0.5) is 0 Å². The zero-order valence-electron chi connectivity index (χ0n) is 11.7. The minimum Gasteiger partial charge on any atom is -0.353 e. The predicted molar refractivity (Wildman–Crippen MR) is 71.0 cm³/mol. The monoisotopic (exact) mass is 241 g/mol. The Morgan fingerprint density at radius 2 is 2.06 bits per heavy atom. The van der Waals surface area contributed by atoms with Gasteiger partial charge in [-0.25, -0.2) is 0 Å². The van der Waals surface area contributed by atoms with E-state index in [9.17, 15) is 4.79 Å². The van der Waals surface area contributed by atoms with Crippen molar-refractivity contribution in [3.63, 3.8) is 0 Å². The Labute approximate surface area is 105 Å². The van der Waals surface area contributed by atoms with Crippen molar-refractivity contribution in [2.75, 3.05) is 27.2 Å². The summed E-state index contributed by atoms with van der Waals surface area (Å²) in [5.74, 6) is 0.154. The Morgan fingerprint density at radius 1 is 1.35 bits per heavy atom. The first-order valence-corrected chi connectivity index (χ1v) is 6.62. The molecule has 1 aliphatic heterocycles. The highest BCUT2D eigenvalue weighted by Crippen LogP contribution is 2.10. The highest BCUT2D eigenvalue weighted by atomic mass is 16.2. The molecule has 0 bridgehead atoms. The second-order valence-corrected chi connectivity index (χ2v) is 5.78. The molecule has 1 fully saturated rings.